The fraction of sp³-hybridized carbons (Fsp3) is 0.375. The number of rotatable bonds is 7. The van der Waals surface area contributed by atoms with Gasteiger partial charge in [0.1, 0.15) is 6.54 Å². The minimum Gasteiger partial charge on any atom is -0.480 e. The van der Waals surface area contributed by atoms with E-state index in [2.05, 4.69) is 18.1 Å². The third-order valence-electron chi connectivity index (χ3n) is 3.38. The SMILES string of the molecule is CCc1cc(CN(CC(=O)O)c2ccccc2)n(CC)n1. The summed E-state index contributed by atoms with van der Waals surface area (Å²) in [6, 6.07) is 11.7. The Kier molecular flexibility index (Phi) is 4.98. The Bertz CT molecular complexity index is 593. The Morgan fingerprint density at radius 2 is 2.00 bits per heavy atom. The average Bonchev–Trinajstić information content (AvgIpc) is 2.89. The van der Waals surface area contributed by atoms with E-state index in [1.807, 2.05) is 46.8 Å². The molecule has 21 heavy (non-hydrogen) atoms. The number of hydrogen-bond donors (Lipinski definition) is 1. The summed E-state index contributed by atoms with van der Waals surface area (Å²) in [5, 5.41) is 13.7. The van der Waals surface area contributed by atoms with E-state index < -0.39 is 5.97 Å². The van der Waals surface area contributed by atoms with Gasteiger partial charge in [-0.25, -0.2) is 0 Å². The quantitative estimate of drug-likeness (QED) is 0.850. The molecule has 2 rings (SSSR count). The molecule has 5 nitrogen and oxygen atoms in total. The highest BCUT2D eigenvalue weighted by molar-refractivity contribution is 5.73. The maximum Gasteiger partial charge on any atom is 0.323 e. The fourth-order valence-electron chi connectivity index (χ4n) is 2.32. The predicted molar refractivity (Wildman–Crippen MR) is 82.4 cm³/mol. The molecule has 0 spiro atoms. The van der Waals surface area contributed by atoms with Crippen LogP contribution >= 0.6 is 0 Å². The Morgan fingerprint density at radius 1 is 1.29 bits per heavy atom. The number of nitrogens with zero attached hydrogens (tertiary/aromatic N) is 3. The van der Waals surface area contributed by atoms with Gasteiger partial charge in [-0.3, -0.25) is 9.48 Å². The summed E-state index contributed by atoms with van der Waals surface area (Å²) in [5.74, 6) is -0.836. The first kappa shape index (κ1) is 15.1. The van der Waals surface area contributed by atoms with Gasteiger partial charge in [0.15, 0.2) is 0 Å². The lowest BCUT2D eigenvalue weighted by atomic mass is 10.2. The van der Waals surface area contributed by atoms with Gasteiger partial charge in [0.25, 0.3) is 0 Å². The minimum absolute atomic E-state index is 0.0274. The first-order valence-corrected chi connectivity index (χ1v) is 7.21. The second-order valence-corrected chi connectivity index (χ2v) is 4.88. The van der Waals surface area contributed by atoms with Crippen molar-refractivity contribution in [2.75, 3.05) is 11.4 Å². The highest BCUT2D eigenvalue weighted by Crippen LogP contribution is 2.17. The maximum atomic E-state index is 11.1. The van der Waals surface area contributed by atoms with Crippen LogP contribution in [0.1, 0.15) is 25.2 Å². The van der Waals surface area contributed by atoms with Crippen molar-refractivity contribution in [3.8, 4) is 0 Å². The summed E-state index contributed by atoms with van der Waals surface area (Å²) >= 11 is 0. The van der Waals surface area contributed by atoms with Crippen molar-refractivity contribution in [2.24, 2.45) is 0 Å². The first-order chi connectivity index (χ1) is 10.1. The van der Waals surface area contributed by atoms with Gasteiger partial charge in [-0.15, -0.1) is 0 Å². The molecule has 0 atom stereocenters. The van der Waals surface area contributed by atoms with Crippen molar-refractivity contribution in [1.29, 1.82) is 0 Å². The lowest BCUT2D eigenvalue weighted by molar-refractivity contribution is -0.135. The van der Waals surface area contributed by atoms with E-state index in [0.717, 1.165) is 30.0 Å². The Balaban J connectivity index is 2.26. The number of carbonyl (C=O) groups is 1. The number of benzene rings is 1. The van der Waals surface area contributed by atoms with Crippen LogP contribution in [0.5, 0.6) is 0 Å². The third-order valence-corrected chi connectivity index (χ3v) is 3.38. The lowest BCUT2D eigenvalue weighted by Crippen LogP contribution is -2.30. The summed E-state index contributed by atoms with van der Waals surface area (Å²) in [5.41, 5.74) is 2.98. The van der Waals surface area contributed by atoms with Crippen molar-refractivity contribution >= 4 is 11.7 Å². The molecule has 5 heteroatoms. The van der Waals surface area contributed by atoms with E-state index in [1.165, 1.54) is 0 Å². The molecule has 112 valence electrons. The summed E-state index contributed by atoms with van der Waals surface area (Å²) in [6.07, 6.45) is 0.879. The van der Waals surface area contributed by atoms with Gasteiger partial charge in [0.2, 0.25) is 0 Å². The zero-order valence-electron chi connectivity index (χ0n) is 12.5. The second kappa shape index (κ2) is 6.92. The highest BCUT2D eigenvalue weighted by Gasteiger charge is 2.14. The lowest BCUT2D eigenvalue weighted by Gasteiger charge is -2.23. The summed E-state index contributed by atoms with van der Waals surface area (Å²) in [6.45, 7) is 5.40. The third kappa shape index (κ3) is 3.84. The van der Waals surface area contributed by atoms with E-state index in [-0.39, 0.29) is 6.54 Å². The van der Waals surface area contributed by atoms with Gasteiger partial charge < -0.3 is 10.0 Å². The Labute approximate surface area is 124 Å². The second-order valence-electron chi connectivity index (χ2n) is 4.88. The van der Waals surface area contributed by atoms with Gasteiger partial charge in [0.05, 0.1) is 17.9 Å². The minimum atomic E-state index is -0.836. The topological polar surface area (TPSA) is 58.4 Å². The molecular formula is C16H21N3O2. The predicted octanol–water partition coefficient (Wildman–Crippen LogP) is 2.56. The van der Waals surface area contributed by atoms with Crippen molar-refractivity contribution in [2.45, 2.75) is 33.4 Å². The number of aryl methyl sites for hydroxylation is 2. The summed E-state index contributed by atoms with van der Waals surface area (Å²) < 4.78 is 1.94. The normalized spacial score (nSPS) is 10.6. The zero-order valence-corrected chi connectivity index (χ0v) is 12.5. The number of aromatic nitrogens is 2. The van der Waals surface area contributed by atoms with Crippen molar-refractivity contribution < 1.29 is 9.90 Å². The average molecular weight is 287 g/mol. The van der Waals surface area contributed by atoms with E-state index in [1.54, 1.807) is 0 Å². The standard InChI is InChI=1S/C16H21N3O2/c1-3-13-10-15(19(4-2)17-13)11-18(12-16(20)21)14-8-6-5-7-9-14/h5-10H,3-4,11-12H2,1-2H3,(H,20,21). The highest BCUT2D eigenvalue weighted by atomic mass is 16.4. The Morgan fingerprint density at radius 3 is 2.57 bits per heavy atom. The molecule has 0 amide bonds. The van der Waals surface area contributed by atoms with Crippen molar-refractivity contribution in [3.63, 3.8) is 0 Å². The van der Waals surface area contributed by atoms with Crippen LogP contribution in [0.25, 0.3) is 0 Å². The summed E-state index contributed by atoms with van der Waals surface area (Å²) in [7, 11) is 0. The molecule has 1 aromatic heterocycles. The van der Waals surface area contributed by atoms with Gasteiger partial charge in [-0.1, -0.05) is 25.1 Å². The molecule has 0 aliphatic heterocycles. The molecule has 1 aromatic carbocycles. The van der Waals surface area contributed by atoms with Crippen molar-refractivity contribution in [3.05, 3.63) is 47.8 Å². The molecule has 1 N–H and O–H groups in total. The number of anilines is 1. The van der Waals surface area contributed by atoms with E-state index in [9.17, 15) is 4.79 Å². The van der Waals surface area contributed by atoms with Crippen LogP contribution < -0.4 is 4.90 Å². The van der Waals surface area contributed by atoms with Crippen LogP contribution in [-0.4, -0.2) is 27.4 Å². The fourth-order valence-corrected chi connectivity index (χ4v) is 2.32. The first-order valence-electron chi connectivity index (χ1n) is 7.21. The van der Waals surface area contributed by atoms with Gasteiger partial charge in [0, 0.05) is 12.2 Å². The zero-order chi connectivity index (χ0) is 15.2. The summed E-state index contributed by atoms with van der Waals surface area (Å²) in [4.78, 5) is 13.0. The van der Waals surface area contributed by atoms with Gasteiger partial charge >= 0.3 is 5.97 Å². The number of carboxylic acids is 1. The van der Waals surface area contributed by atoms with Crippen LogP contribution in [0.4, 0.5) is 5.69 Å². The van der Waals surface area contributed by atoms with E-state index >= 15 is 0 Å². The molecule has 0 radical (unpaired) electrons. The molecule has 0 bridgehead atoms. The molecule has 1 heterocycles. The van der Waals surface area contributed by atoms with E-state index in [0.29, 0.717) is 6.54 Å². The number of carboxylic acid groups (broad SMARTS) is 1. The van der Waals surface area contributed by atoms with Crippen LogP contribution in [0, 0.1) is 0 Å². The molecule has 0 aliphatic rings. The smallest absolute Gasteiger partial charge is 0.323 e. The Hall–Kier alpha value is -2.30. The molecular weight excluding hydrogens is 266 g/mol. The van der Waals surface area contributed by atoms with Crippen molar-refractivity contribution in [1.82, 2.24) is 9.78 Å². The maximum absolute atomic E-state index is 11.1. The number of para-hydroxylation sites is 1. The largest absolute Gasteiger partial charge is 0.480 e. The van der Waals surface area contributed by atoms with E-state index in [4.69, 9.17) is 5.11 Å². The van der Waals surface area contributed by atoms with Crippen LogP contribution in [-0.2, 0) is 24.3 Å². The molecule has 0 saturated carbocycles. The van der Waals surface area contributed by atoms with Crippen LogP contribution in [0.15, 0.2) is 36.4 Å². The molecule has 0 fully saturated rings. The molecule has 0 unspecified atom stereocenters. The van der Waals surface area contributed by atoms with Gasteiger partial charge in [-0.2, -0.15) is 5.10 Å². The molecule has 0 saturated heterocycles. The molecule has 0 aliphatic carbocycles. The monoisotopic (exact) mass is 287 g/mol. The molecule has 2 aromatic rings. The number of aliphatic carboxylic acids is 1. The van der Waals surface area contributed by atoms with Crippen LogP contribution in [0.3, 0.4) is 0 Å². The van der Waals surface area contributed by atoms with Crippen LogP contribution in [0.2, 0.25) is 0 Å². The van der Waals surface area contributed by atoms with Gasteiger partial charge in [-0.05, 0) is 31.5 Å². The number of hydrogen-bond acceptors (Lipinski definition) is 3.